The molecule has 2 atom stereocenters. The summed E-state index contributed by atoms with van der Waals surface area (Å²) in [6, 6.07) is 0.474. The Kier molecular flexibility index (Phi) is 7.81. The second-order valence-electron chi connectivity index (χ2n) is 3.99. The molecule has 0 aliphatic rings. The normalized spacial score (nSPS) is 16.2. The first kappa shape index (κ1) is 13.3. The number of hydrazine groups is 1. The summed E-state index contributed by atoms with van der Waals surface area (Å²) in [6.07, 6.45) is 2.43. The van der Waals surface area contributed by atoms with Gasteiger partial charge in [-0.05, 0) is 17.6 Å². The van der Waals surface area contributed by atoms with Crippen LogP contribution in [0.2, 0.25) is 0 Å². The molecule has 0 fully saturated rings. The van der Waals surface area contributed by atoms with Gasteiger partial charge in [0.05, 0.1) is 0 Å². The molecule has 0 aliphatic heterocycles. The fourth-order valence-electron chi connectivity index (χ4n) is 1.15. The molecule has 3 N–H and O–H groups in total. The number of nitrogens with one attached hydrogen (secondary N) is 1. The van der Waals surface area contributed by atoms with E-state index in [9.17, 15) is 0 Å². The van der Waals surface area contributed by atoms with Crippen molar-refractivity contribution < 1.29 is 0 Å². The van der Waals surface area contributed by atoms with Crippen LogP contribution in [0.3, 0.4) is 0 Å². The zero-order valence-electron chi connectivity index (χ0n) is 9.34. The average Bonchev–Trinajstić information content (AvgIpc) is 2.11. The highest BCUT2D eigenvalue weighted by Crippen LogP contribution is 2.16. The van der Waals surface area contributed by atoms with E-state index < -0.39 is 0 Å². The molecule has 0 radical (unpaired) electrons. The van der Waals surface area contributed by atoms with Crippen LogP contribution in [0.1, 0.15) is 40.5 Å². The Hall–Kier alpha value is 0.270. The summed E-state index contributed by atoms with van der Waals surface area (Å²) in [5, 5.41) is 0.702. The van der Waals surface area contributed by atoms with Crippen LogP contribution in [0.25, 0.3) is 0 Å². The molecule has 0 heterocycles. The van der Waals surface area contributed by atoms with Crippen LogP contribution >= 0.6 is 11.8 Å². The zero-order chi connectivity index (χ0) is 10.3. The topological polar surface area (TPSA) is 38.0 Å². The molecule has 2 nitrogen and oxygen atoms in total. The summed E-state index contributed by atoms with van der Waals surface area (Å²) in [7, 11) is 0. The molecule has 0 aromatic carbocycles. The van der Waals surface area contributed by atoms with E-state index in [1.165, 1.54) is 12.8 Å². The Balaban J connectivity index is 3.62. The van der Waals surface area contributed by atoms with Crippen molar-refractivity contribution in [1.29, 1.82) is 0 Å². The maximum atomic E-state index is 5.50. The molecule has 3 heteroatoms. The highest BCUT2D eigenvalue weighted by Gasteiger charge is 2.11. The van der Waals surface area contributed by atoms with Crippen LogP contribution in [0.5, 0.6) is 0 Å². The number of thioether (sulfide) groups is 1. The fourth-order valence-corrected chi connectivity index (χ4v) is 1.99. The molecule has 0 bridgehead atoms. The van der Waals surface area contributed by atoms with Crippen LogP contribution in [0, 0.1) is 5.92 Å². The Morgan fingerprint density at radius 2 is 1.92 bits per heavy atom. The first-order valence-electron chi connectivity index (χ1n) is 5.17. The van der Waals surface area contributed by atoms with Crippen molar-refractivity contribution in [3.63, 3.8) is 0 Å². The minimum absolute atomic E-state index is 0.474. The monoisotopic (exact) mass is 204 g/mol. The molecular weight excluding hydrogens is 180 g/mol. The summed E-state index contributed by atoms with van der Waals surface area (Å²) in [5.41, 5.74) is 2.90. The predicted octanol–water partition coefficient (Wildman–Crippen LogP) is 2.40. The maximum absolute atomic E-state index is 5.50. The van der Waals surface area contributed by atoms with Gasteiger partial charge in [-0.3, -0.25) is 11.3 Å². The number of hydrogen-bond acceptors (Lipinski definition) is 3. The van der Waals surface area contributed by atoms with Gasteiger partial charge in [0.25, 0.3) is 0 Å². The molecule has 0 aliphatic carbocycles. The first-order valence-corrected chi connectivity index (χ1v) is 6.22. The fraction of sp³-hybridized carbons (Fsp3) is 1.00. The van der Waals surface area contributed by atoms with Crippen molar-refractivity contribution in [2.24, 2.45) is 11.8 Å². The lowest BCUT2D eigenvalue weighted by Crippen LogP contribution is -2.38. The molecule has 80 valence electrons. The summed E-state index contributed by atoms with van der Waals surface area (Å²) in [6.45, 7) is 8.96. The van der Waals surface area contributed by atoms with Crippen LogP contribution in [0.15, 0.2) is 0 Å². The quantitative estimate of drug-likeness (QED) is 0.494. The lowest BCUT2D eigenvalue weighted by atomic mass is 10.0. The number of rotatable bonds is 7. The minimum Gasteiger partial charge on any atom is -0.271 e. The average molecular weight is 204 g/mol. The van der Waals surface area contributed by atoms with Crippen molar-refractivity contribution in [2.45, 2.75) is 51.8 Å². The SMILES string of the molecule is CCC(C)CC(CSC(C)C)NN. The molecule has 0 rings (SSSR count). The Morgan fingerprint density at radius 3 is 2.31 bits per heavy atom. The molecule has 2 unspecified atom stereocenters. The minimum atomic E-state index is 0.474. The highest BCUT2D eigenvalue weighted by molar-refractivity contribution is 7.99. The molecule has 0 aromatic rings. The van der Waals surface area contributed by atoms with Crippen molar-refractivity contribution in [3.8, 4) is 0 Å². The number of hydrogen-bond donors (Lipinski definition) is 2. The van der Waals surface area contributed by atoms with E-state index in [-0.39, 0.29) is 0 Å². The molecular formula is C10H24N2S. The summed E-state index contributed by atoms with van der Waals surface area (Å²) in [4.78, 5) is 0. The van der Waals surface area contributed by atoms with Crippen LogP contribution in [-0.2, 0) is 0 Å². The van der Waals surface area contributed by atoms with E-state index in [0.29, 0.717) is 11.3 Å². The maximum Gasteiger partial charge on any atom is 0.0303 e. The van der Waals surface area contributed by atoms with Crippen LogP contribution in [0.4, 0.5) is 0 Å². The molecule has 0 amide bonds. The van der Waals surface area contributed by atoms with E-state index >= 15 is 0 Å². The van der Waals surface area contributed by atoms with Gasteiger partial charge in [0.15, 0.2) is 0 Å². The summed E-state index contributed by atoms with van der Waals surface area (Å²) >= 11 is 1.97. The third kappa shape index (κ3) is 7.35. The van der Waals surface area contributed by atoms with E-state index in [0.717, 1.165) is 11.7 Å². The summed E-state index contributed by atoms with van der Waals surface area (Å²) in [5.74, 6) is 7.39. The molecule has 0 spiro atoms. The Labute approximate surface area is 87.0 Å². The highest BCUT2D eigenvalue weighted by atomic mass is 32.2. The smallest absolute Gasteiger partial charge is 0.0303 e. The van der Waals surface area contributed by atoms with E-state index in [1.807, 2.05) is 11.8 Å². The first-order chi connectivity index (χ1) is 6.10. The van der Waals surface area contributed by atoms with Gasteiger partial charge >= 0.3 is 0 Å². The second-order valence-corrected chi connectivity index (χ2v) is 5.60. The van der Waals surface area contributed by atoms with Crippen molar-refractivity contribution in [1.82, 2.24) is 5.43 Å². The van der Waals surface area contributed by atoms with Gasteiger partial charge in [0, 0.05) is 11.8 Å². The van der Waals surface area contributed by atoms with Gasteiger partial charge in [-0.1, -0.05) is 34.1 Å². The van der Waals surface area contributed by atoms with E-state index in [2.05, 4.69) is 33.1 Å². The van der Waals surface area contributed by atoms with E-state index in [1.54, 1.807) is 0 Å². The predicted molar refractivity (Wildman–Crippen MR) is 62.8 cm³/mol. The van der Waals surface area contributed by atoms with Gasteiger partial charge in [-0.25, -0.2) is 0 Å². The van der Waals surface area contributed by atoms with Crippen LogP contribution < -0.4 is 11.3 Å². The van der Waals surface area contributed by atoms with Crippen LogP contribution in [-0.4, -0.2) is 17.0 Å². The standard InChI is InChI=1S/C10H24N2S/c1-5-9(4)6-10(12-11)7-13-8(2)3/h8-10,12H,5-7,11H2,1-4H3. The third-order valence-corrected chi connectivity index (χ3v) is 3.51. The van der Waals surface area contributed by atoms with Gasteiger partial charge in [-0.15, -0.1) is 0 Å². The lowest BCUT2D eigenvalue weighted by Gasteiger charge is -2.19. The van der Waals surface area contributed by atoms with Gasteiger partial charge in [0.2, 0.25) is 0 Å². The molecule has 13 heavy (non-hydrogen) atoms. The van der Waals surface area contributed by atoms with Crippen molar-refractivity contribution in [3.05, 3.63) is 0 Å². The van der Waals surface area contributed by atoms with E-state index in [4.69, 9.17) is 5.84 Å². The second kappa shape index (κ2) is 7.65. The third-order valence-electron chi connectivity index (χ3n) is 2.25. The molecule has 0 aromatic heterocycles. The zero-order valence-corrected chi connectivity index (χ0v) is 10.2. The molecule has 0 saturated heterocycles. The Morgan fingerprint density at radius 1 is 1.31 bits per heavy atom. The van der Waals surface area contributed by atoms with Gasteiger partial charge in [0.1, 0.15) is 0 Å². The van der Waals surface area contributed by atoms with Gasteiger partial charge < -0.3 is 0 Å². The number of nitrogens with two attached hydrogens (primary N) is 1. The van der Waals surface area contributed by atoms with Crippen molar-refractivity contribution >= 4 is 11.8 Å². The molecule has 0 saturated carbocycles. The lowest BCUT2D eigenvalue weighted by molar-refractivity contribution is 0.423. The van der Waals surface area contributed by atoms with Crippen molar-refractivity contribution in [2.75, 3.05) is 5.75 Å². The largest absolute Gasteiger partial charge is 0.271 e. The summed E-state index contributed by atoms with van der Waals surface area (Å²) < 4.78 is 0. The van der Waals surface area contributed by atoms with Gasteiger partial charge in [-0.2, -0.15) is 11.8 Å². The Bertz CT molecular complexity index is 117.